The number of hydrogen-bond acceptors (Lipinski definition) is 4. The van der Waals surface area contributed by atoms with Gasteiger partial charge < -0.3 is 9.88 Å². The van der Waals surface area contributed by atoms with Crippen LogP contribution >= 0.6 is 0 Å². The number of hydrogen-bond donors (Lipinski definition) is 1. The summed E-state index contributed by atoms with van der Waals surface area (Å²) in [7, 11) is 0. The Labute approximate surface area is 149 Å². The molecule has 0 atom stereocenters. The highest BCUT2D eigenvalue weighted by Crippen LogP contribution is 2.39. The van der Waals surface area contributed by atoms with E-state index in [1.54, 1.807) is 0 Å². The summed E-state index contributed by atoms with van der Waals surface area (Å²) in [4.78, 5) is 14.3. The van der Waals surface area contributed by atoms with Crippen LogP contribution in [0.5, 0.6) is 0 Å². The largest absolute Gasteiger partial charge is 0.351 e. The van der Waals surface area contributed by atoms with Gasteiger partial charge in [0.1, 0.15) is 5.65 Å². The summed E-state index contributed by atoms with van der Waals surface area (Å²) in [5.41, 5.74) is 2.43. The molecule has 0 saturated heterocycles. The van der Waals surface area contributed by atoms with E-state index in [1.165, 1.54) is 69.9 Å². The molecule has 2 aromatic heterocycles. The predicted octanol–water partition coefficient (Wildman–Crippen LogP) is 4.42. The fourth-order valence-corrected chi connectivity index (χ4v) is 5.04. The monoisotopic (exact) mass is 337 g/mol. The van der Waals surface area contributed by atoms with Gasteiger partial charge in [0, 0.05) is 29.5 Å². The fraction of sp³-hybridized carbons (Fsp3) is 0.650. The number of aliphatic imine (C=N–C) groups is 1. The molecule has 25 heavy (non-hydrogen) atoms. The highest BCUT2D eigenvalue weighted by Gasteiger charge is 2.37. The van der Waals surface area contributed by atoms with E-state index >= 15 is 0 Å². The number of nitrogens with one attached hydrogen (secondary N) is 1. The van der Waals surface area contributed by atoms with Gasteiger partial charge in [0.25, 0.3) is 0 Å². The second kappa shape index (κ2) is 6.11. The molecule has 2 fully saturated rings. The fourth-order valence-electron chi connectivity index (χ4n) is 5.04. The zero-order chi connectivity index (χ0) is 16.7. The molecule has 0 bridgehead atoms. The number of nitrogens with zero attached hydrogens (tertiary/aromatic N) is 4. The molecule has 5 heteroatoms. The zero-order valence-corrected chi connectivity index (χ0v) is 14.9. The zero-order valence-electron chi connectivity index (χ0n) is 14.9. The lowest BCUT2D eigenvalue weighted by molar-refractivity contribution is 0.282. The highest BCUT2D eigenvalue weighted by molar-refractivity contribution is 5.82. The maximum Gasteiger partial charge on any atom is 0.224 e. The van der Waals surface area contributed by atoms with E-state index in [-0.39, 0.29) is 5.54 Å². The average Bonchev–Trinajstić information content (AvgIpc) is 3.03. The van der Waals surface area contributed by atoms with Gasteiger partial charge in [-0.2, -0.15) is 4.98 Å². The van der Waals surface area contributed by atoms with Crippen LogP contribution in [0.3, 0.4) is 0 Å². The van der Waals surface area contributed by atoms with Crippen molar-refractivity contribution in [3.8, 4) is 0 Å². The molecule has 1 aliphatic heterocycles. The van der Waals surface area contributed by atoms with Crippen molar-refractivity contribution < 1.29 is 0 Å². The third-order valence-electron chi connectivity index (χ3n) is 6.31. The van der Waals surface area contributed by atoms with Crippen LogP contribution in [-0.4, -0.2) is 26.8 Å². The summed E-state index contributed by atoms with van der Waals surface area (Å²) in [6.07, 6.45) is 17.0. The molecule has 0 unspecified atom stereocenters. The first kappa shape index (κ1) is 15.4. The van der Waals surface area contributed by atoms with Gasteiger partial charge in [0.15, 0.2) is 0 Å². The van der Waals surface area contributed by atoms with Gasteiger partial charge in [0.2, 0.25) is 5.95 Å². The normalized spacial score (nSPS) is 23.0. The third-order valence-corrected chi connectivity index (χ3v) is 6.31. The molecule has 3 heterocycles. The Morgan fingerprint density at radius 2 is 1.84 bits per heavy atom. The van der Waals surface area contributed by atoms with Crippen molar-refractivity contribution >= 4 is 23.2 Å². The Morgan fingerprint density at radius 3 is 2.68 bits per heavy atom. The topological polar surface area (TPSA) is 55.1 Å². The Balaban J connectivity index is 1.54. The van der Waals surface area contributed by atoms with E-state index in [0.717, 1.165) is 23.5 Å². The van der Waals surface area contributed by atoms with Crippen LogP contribution in [0.1, 0.15) is 69.9 Å². The summed E-state index contributed by atoms with van der Waals surface area (Å²) in [5.74, 6) is 0.800. The minimum Gasteiger partial charge on any atom is -0.351 e. The molecule has 0 aromatic carbocycles. The molecule has 132 valence electrons. The van der Waals surface area contributed by atoms with Gasteiger partial charge in [-0.1, -0.05) is 38.5 Å². The Morgan fingerprint density at radius 1 is 1.04 bits per heavy atom. The molecule has 2 aromatic rings. The van der Waals surface area contributed by atoms with Gasteiger partial charge in [-0.3, -0.25) is 4.99 Å². The van der Waals surface area contributed by atoms with Crippen LogP contribution in [0.4, 0.5) is 5.95 Å². The van der Waals surface area contributed by atoms with E-state index in [2.05, 4.69) is 27.1 Å². The quantitative estimate of drug-likeness (QED) is 0.882. The van der Waals surface area contributed by atoms with Gasteiger partial charge in [-0.05, 0) is 31.7 Å². The van der Waals surface area contributed by atoms with Crippen LogP contribution in [0.15, 0.2) is 17.3 Å². The van der Waals surface area contributed by atoms with Gasteiger partial charge in [-0.25, -0.2) is 4.98 Å². The van der Waals surface area contributed by atoms with Gasteiger partial charge >= 0.3 is 0 Å². The first-order chi connectivity index (χ1) is 12.3. The smallest absolute Gasteiger partial charge is 0.224 e. The molecule has 2 saturated carbocycles. The third kappa shape index (κ3) is 2.64. The van der Waals surface area contributed by atoms with E-state index in [9.17, 15) is 0 Å². The maximum atomic E-state index is 4.97. The molecule has 5 rings (SSSR count). The average molecular weight is 337 g/mol. The van der Waals surface area contributed by atoms with Crippen molar-refractivity contribution in [3.05, 3.63) is 18.0 Å². The van der Waals surface area contributed by atoms with Crippen molar-refractivity contribution in [1.29, 1.82) is 0 Å². The summed E-state index contributed by atoms with van der Waals surface area (Å²) in [5, 5.41) is 4.74. The van der Waals surface area contributed by atoms with Crippen molar-refractivity contribution in [1.82, 2.24) is 14.5 Å². The number of aromatic nitrogens is 3. The summed E-state index contributed by atoms with van der Waals surface area (Å²) in [6, 6.07) is 2.78. The van der Waals surface area contributed by atoms with Crippen LogP contribution in [0.2, 0.25) is 0 Å². The lowest BCUT2D eigenvalue weighted by Gasteiger charge is -2.39. The van der Waals surface area contributed by atoms with Crippen LogP contribution in [0.25, 0.3) is 11.0 Å². The lowest BCUT2D eigenvalue weighted by Crippen LogP contribution is -2.40. The number of anilines is 1. The SMILES string of the molecule is C1=NCc2cc3cnc(NC4CCCCC4)nc3n2C12CCCCC2. The Hall–Kier alpha value is -1.91. The lowest BCUT2D eigenvalue weighted by atomic mass is 9.81. The standard InChI is InChI=1S/C20H27N5/c1-3-7-16(8-4-1)23-19-22-12-15-11-17-13-21-14-20(9-5-2-6-10-20)25(17)18(15)24-19/h11-12,14,16H,1-10,13H2,(H,22,23,24). The first-order valence-electron chi connectivity index (χ1n) is 9.99. The van der Waals surface area contributed by atoms with E-state index in [0.29, 0.717) is 6.04 Å². The van der Waals surface area contributed by atoms with Crippen LogP contribution in [-0.2, 0) is 12.1 Å². The molecule has 2 aliphatic carbocycles. The summed E-state index contributed by atoms with van der Waals surface area (Å²) in [6.45, 7) is 0.767. The molecule has 1 spiro atoms. The van der Waals surface area contributed by atoms with Crippen molar-refractivity contribution in [3.63, 3.8) is 0 Å². The Bertz CT molecular complexity index is 794. The van der Waals surface area contributed by atoms with Crippen molar-refractivity contribution in [2.24, 2.45) is 4.99 Å². The van der Waals surface area contributed by atoms with Gasteiger partial charge in [-0.15, -0.1) is 0 Å². The first-order valence-corrected chi connectivity index (χ1v) is 9.99. The molecular formula is C20H27N5. The van der Waals surface area contributed by atoms with Crippen molar-refractivity contribution in [2.75, 3.05) is 5.32 Å². The van der Waals surface area contributed by atoms with Crippen LogP contribution in [0, 0.1) is 0 Å². The van der Waals surface area contributed by atoms with Crippen LogP contribution < -0.4 is 5.32 Å². The van der Waals surface area contributed by atoms with Crippen molar-refractivity contribution in [2.45, 2.75) is 82.3 Å². The molecule has 3 aliphatic rings. The molecule has 0 radical (unpaired) electrons. The van der Waals surface area contributed by atoms with Gasteiger partial charge in [0.05, 0.1) is 12.1 Å². The summed E-state index contributed by atoms with van der Waals surface area (Å²) >= 11 is 0. The Kier molecular flexibility index (Phi) is 3.75. The molecule has 1 N–H and O–H groups in total. The highest BCUT2D eigenvalue weighted by atomic mass is 15.2. The predicted molar refractivity (Wildman–Crippen MR) is 101 cm³/mol. The molecule has 0 amide bonds. The molecular weight excluding hydrogens is 310 g/mol. The van der Waals surface area contributed by atoms with E-state index in [1.807, 2.05) is 6.20 Å². The minimum atomic E-state index is 0.0457. The van der Waals surface area contributed by atoms with E-state index in [4.69, 9.17) is 9.98 Å². The second-order valence-electron chi connectivity index (χ2n) is 8.06. The number of rotatable bonds is 2. The molecule has 5 nitrogen and oxygen atoms in total. The number of fused-ring (bicyclic) bond motifs is 4. The summed E-state index contributed by atoms with van der Waals surface area (Å²) < 4.78 is 2.49. The minimum absolute atomic E-state index is 0.0457. The van der Waals surface area contributed by atoms with E-state index < -0.39 is 0 Å². The second-order valence-corrected chi connectivity index (χ2v) is 8.06. The maximum absolute atomic E-state index is 4.97.